The van der Waals surface area contributed by atoms with Gasteiger partial charge >= 0.3 is 0 Å². The molecule has 1 aliphatic heterocycles. The molecule has 1 aliphatic rings. The van der Waals surface area contributed by atoms with Crippen molar-refractivity contribution in [3.63, 3.8) is 0 Å². The van der Waals surface area contributed by atoms with Gasteiger partial charge < -0.3 is 14.8 Å². The highest BCUT2D eigenvalue weighted by molar-refractivity contribution is 5.34. The lowest BCUT2D eigenvalue weighted by Gasteiger charge is -2.36. The Morgan fingerprint density at radius 1 is 1.29 bits per heavy atom. The van der Waals surface area contributed by atoms with E-state index in [0.29, 0.717) is 0 Å². The molecule has 1 aromatic carbocycles. The van der Waals surface area contributed by atoms with Crippen molar-refractivity contribution in [3.05, 3.63) is 29.8 Å². The van der Waals surface area contributed by atoms with E-state index in [2.05, 4.69) is 17.4 Å². The first-order valence-electron chi connectivity index (χ1n) is 6.17. The van der Waals surface area contributed by atoms with Crippen LogP contribution >= 0.6 is 0 Å². The molecule has 17 heavy (non-hydrogen) atoms. The molecule has 0 aliphatic carbocycles. The van der Waals surface area contributed by atoms with Crippen molar-refractivity contribution in [3.8, 4) is 5.75 Å². The molecule has 0 aromatic heterocycles. The summed E-state index contributed by atoms with van der Waals surface area (Å²) in [6.07, 6.45) is 3.18. The second-order valence-corrected chi connectivity index (χ2v) is 4.66. The molecule has 0 bridgehead atoms. The monoisotopic (exact) mass is 235 g/mol. The summed E-state index contributed by atoms with van der Waals surface area (Å²) in [7, 11) is 3.53. The molecule has 1 fully saturated rings. The van der Waals surface area contributed by atoms with E-state index in [0.717, 1.165) is 31.7 Å². The number of hydrogen-bond acceptors (Lipinski definition) is 3. The summed E-state index contributed by atoms with van der Waals surface area (Å²) in [4.78, 5) is 0. The number of methoxy groups -OCH3 is 2. The molecule has 2 rings (SSSR count). The van der Waals surface area contributed by atoms with Crippen molar-refractivity contribution in [2.75, 3.05) is 27.3 Å². The molecule has 0 radical (unpaired) electrons. The van der Waals surface area contributed by atoms with Crippen LogP contribution in [0.25, 0.3) is 0 Å². The number of rotatable bonds is 4. The number of para-hydroxylation sites is 1. The second kappa shape index (κ2) is 5.52. The summed E-state index contributed by atoms with van der Waals surface area (Å²) in [6.45, 7) is 2.01. The topological polar surface area (TPSA) is 30.5 Å². The summed E-state index contributed by atoms with van der Waals surface area (Å²) in [5.74, 6) is 0.953. The molecule has 1 saturated heterocycles. The zero-order valence-corrected chi connectivity index (χ0v) is 10.7. The van der Waals surface area contributed by atoms with Crippen molar-refractivity contribution in [2.45, 2.75) is 24.9 Å². The van der Waals surface area contributed by atoms with E-state index in [1.807, 2.05) is 19.2 Å². The molecule has 0 saturated carbocycles. The maximum absolute atomic E-state index is 5.76. The predicted molar refractivity (Wildman–Crippen MR) is 68.5 cm³/mol. The Hall–Kier alpha value is -1.06. The van der Waals surface area contributed by atoms with Gasteiger partial charge in [0.2, 0.25) is 0 Å². The first-order chi connectivity index (χ1) is 8.29. The summed E-state index contributed by atoms with van der Waals surface area (Å²) in [5, 5.41) is 3.42. The van der Waals surface area contributed by atoms with Gasteiger partial charge in [0.15, 0.2) is 0 Å². The fourth-order valence-electron chi connectivity index (χ4n) is 2.53. The molecule has 1 aromatic rings. The first-order valence-corrected chi connectivity index (χ1v) is 6.17. The Morgan fingerprint density at radius 2 is 2.12 bits per heavy atom. The fourth-order valence-corrected chi connectivity index (χ4v) is 2.53. The van der Waals surface area contributed by atoms with Gasteiger partial charge in [-0.1, -0.05) is 18.2 Å². The van der Waals surface area contributed by atoms with E-state index in [9.17, 15) is 0 Å². The molecule has 1 unspecified atom stereocenters. The molecular weight excluding hydrogens is 214 g/mol. The van der Waals surface area contributed by atoms with Crippen molar-refractivity contribution in [1.29, 1.82) is 0 Å². The minimum Gasteiger partial charge on any atom is -0.496 e. The number of hydrogen-bond donors (Lipinski definition) is 1. The van der Waals surface area contributed by atoms with Crippen LogP contribution in [0, 0.1) is 0 Å². The van der Waals surface area contributed by atoms with E-state index < -0.39 is 0 Å². The Morgan fingerprint density at radius 3 is 2.76 bits per heavy atom. The summed E-state index contributed by atoms with van der Waals surface area (Å²) in [6, 6.07) is 8.18. The highest BCUT2D eigenvalue weighted by atomic mass is 16.5. The van der Waals surface area contributed by atoms with E-state index >= 15 is 0 Å². The Labute approximate surface area is 103 Å². The van der Waals surface area contributed by atoms with Gasteiger partial charge in [-0.3, -0.25) is 0 Å². The average molecular weight is 235 g/mol. The molecule has 1 atom stereocenters. The number of nitrogens with one attached hydrogen (secondary N) is 1. The fraction of sp³-hybridized carbons (Fsp3) is 0.571. The molecule has 3 heteroatoms. The van der Waals surface area contributed by atoms with E-state index in [1.54, 1.807) is 7.11 Å². The van der Waals surface area contributed by atoms with Crippen molar-refractivity contribution < 1.29 is 9.47 Å². The third-order valence-corrected chi connectivity index (χ3v) is 3.57. The number of benzene rings is 1. The predicted octanol–water partition coefficient (Wildman–Crippen LogP) is 2.01. The second-order valence-electron chi connectivity index (χ2n) is 4.66. The van der Waals surface area contributed by atoms with Gasteiger partial charge in [-0.2, -0.15) is 0 Å². The molecule has 1 N–H and O–H groups in total. The molecular formula is C14H21NO2. The van der Waals surface area contributed by atoms with Crippen LogP contribution in [-0.4, -0.2) is 32.9 Å². The Bertz CT molecular complexity index is 359. The van der Waals surface area contributed by atoms with Crippen LogP contribution < -0.4 is 10.1 Å². The van der Waals surface area contributed by atoms with Crippen LogP contribution in [0.3, 0.4) is 0 Å². The quantitative estimate of drug-likeness (QED) is 0.866. The van der Waals surface area contributed by atoms with Crippen LogP contribution in [0.4, 0.5) is 0 Å². The van der Waals surface area contributed by atoms with E-state index in [1.165, 1.54) is 12.0 Å². The number of ether oxygens (including phenoxy) is 2. The van der Waals surface area contributed by atoms with Crippen LogP contribution in [0.2, 0.25) is 0 Å². The third-order valence-electron chi connectivity index (χ3n) is 3.57. The van der Waals surface area contributed by atoms with Crippen LogP contribution in [0.1, 0.15) is 18.4 Å². The van der Waals surface area contributed by atoms with Gasteiger partial charge in [0.05, 0.1) is 12.7 Å². The zero-order valence-electron chi connectivity index (χ0n) is 10.7. The lowest BCUT2D eigenvalue weighted by atomic mass is 9.87. The summed E-state index contributed by atoms with van der Waals surface area (Å²) < 4.78 is 11.2. The number of piperidine rings is 1. The Kier molecular flexibility index (Phi) is 4.02. The molecule has 0 amide bonds. The van der Waals surface area contributed by atoms with Crippen LogP contribution in [-0.2, 0) is 11.2 Å². The lowest BCUT2D eigenvalue weighted by molar-refractivity contribution is -0.0281. The van der Waals surface area contributed by atoms with Gasteiger partial charge in [0.25, 0.3) is 0 Å². The van der Waals surface area contributed by atoms with E-state index in [-0.39, 0.29) is 5.60 Å². The minimum absolute atomic E-state index is 0.0765. The minimum atomic E-state index is -0.0765. The summed E-state index contributed by atoms with van der Waals surface area (Å²) >= 11 is 0. The van der Waals surface area contributed by atoms with Gasteiger partial charge in [0.1, 0.15) is 5.75 Å². The molecule has 3 nitrogen and oxygen atoms in total. The maximum atomic E-state index is 5.76. The molecule has 94 valence electrons. The maximum Gasteiger partial charge on any atom is 0.122 e. The lowest BCUT2D eigenvalue weighted by Crippen LogP contribution is -2.48. The first kappa shape index (κ1) is 12.4. The van der Waals surface area contributed by atoms with Crippen LogP contribution in [0.15, 0.2) is 24.3 Å². The average Bonchev–Trinajstić information content (AvgIpc) is 2.40. The smallest absolute Gasteiger partial charge is 0.122 e. The van der Waals surface area contributed by atoms with Gasteiger partial charge in [-0.05, 0) is 31.0 Å². The van der Waals surface area contributed by atoms with Crippen molar-refractivity contribution in [2.24, 2.45) is 0 Å². The molecule has 0 spiro atoms. The molecule has 1 heterocycles. The van der Waals surface area contributed by atoms with Gasteiger partial charge in [-0.25, -0.2) is 0 Å². The zero-order chi connectivity index (χ0) is 12.1. The van der Waals surface area contributed by atoms with Crippen molar-refractivity contribution >= 4 is 0 Å². The largest absolute Gasteiger partial charge is 0.496 e. The normalized spacial score (nSPS) is 24.6. The van der Waals surface area contributed by atoms with Gasteiger partial charge in [-0.15, -0.1) is 0 Å². The van der Waals surface area contributed by atoms with E-state index in [4.69, 9.17) is 9.47 Å². The van der Waals surface area contributed by atoms with Crippen molar-refractivity contribution in [1.82, 2.24) is 5.32 Å². The third kappa shape index (κ3) is 2.79. The highest BCUT2D eigenvalue weighted by Crippen LogP contribution is 2.29. The Balaban J connectivity index is 2.17. The van der Waals surface area contributed by atoms with Gasteiger partial charge in [0, 0.05) is 20.1 Å². The SMILES string of the molecule is COc1ccccc1CC1(OC)CCCNC1. The standard InChI is InChI=1S/C14H21NO2/c1-16-13-7-4-3-6-12(13)10-14(17-2)8-5-9-15-11-14/h3-4,6-7,15H,5,8-11H2,1-2H3. The highest BCUT2D eigenvalue weighted by Gasteiger charge is 2.32. The summed E-state index contributed by atoms with van der Waals surface area (Å²) in [5.41, 5.74) is 1.15. The van der Waals surface area contributed by atoms with Crippen LogP contribution in [0.5, 0.6) is 5.75 Å².